The molecule has 0 radical (unpaired) electrons. The topological polar surface area (TPSA) is 44.8 Å². The highest BCUT2D eigenvalue weighted by Crippen LogP contribution is 2.20. The second kappa shape index (κ2) is 9.53. The van der Waals surface area contributed by atoms with Crippen LogP contribution >= 0.6 is 0 Å². The Morgan fingerprint density at radius 1 is 1.16 bits per heavy atom. The third-order valence-electron chi connectivity index (χ3n) is 2.63. The molecule has 1 aromatic rings. The highest BCUT2D eigenvalue weighted by atomic mass is 16.5. The fourth-order valence-corrected chi connectivity index (χ4v) is 1.67. The van der Waals surface area contributed by atoms with E-state index in [9.17, 15) is 4.79 Å². The third-order valence-corrected chi connectivity index (χ3v) is 2.63. The van der Waals surface area contributed by atoms with Crippen LogP contribution in [0.25, 0.3) is 0 Å². The van der Waals surface area contributed by atoms with Crippen molar-refractivity contribution in [3.8, 4) is 5.75 Å². The third kappa shape index (κ3) is 5.85. The van der Waals surface area contributed by atoms with Gasteiger partial charge < -0.3 is 14.2 Å². The summed E-state index contributed by atoms with van der Waals surface area (Å²) in [6, 6.07) is 7.31. The molecule has 0 N–H and O–H groups in total. The Hall–Kier alpha value is -1.39. The molecule has 106 valence electrons. The predicted molar refractivity (Wildman–Crippen MR) is 73.9 cm³/mol. The first-order chi connectivity index (χ1) is 9.29. The second-order valence-electron chi connectivity index (χ2n) is 4.06. The number of para-hydroxylation sites is 1. The maximum absolute atomic E-state index is 12.1. The van der Waals surface area contributed by atoms with E-state index >= 15 is 0 Å². The molecule has 0 atom stereocenters. The molecule has 0 bridgehead atoms. The number of benzene rings is 1. The SMILES string of the molecule is CCOCCCC(=O)c1ccccc1OCCOC. The van der Waals surface area contributed by atoms with Gasteiger partial charge in [0.25, 0.3) is 0 Å². The van der Waals surface area contributed by atoms with Crippen LogP contribution < -0.4 is 4.74 Å². The van der Waals surface area contributed by atoms with Crippen molar-refractivity contribution >= 4 is 5.78 Å². The summed E-state index contributed by atoms with van der Waals surface area (Å²) >= 11 is 0. The summed E-state index contributed by atoms with van der Waals surface area (Å²) < 4.78 is 15.7. The molecular formula is C15H22O4. The maximum Gasteiger partial charge on any atom is 0.166 e. The smallest absolute Gasteiger partial charge is 0.166 e. The van der Waals surface area contributed by atoms with E-state index in [4.69, 9.17) is 14.2 Å². The molecule has 0 spiro atoms. The van der Waals surface area contributed by atoms with Crippen molar-refractivity contribution in [3.05, 3.63) is 29.8 Å². The number of methoxy groups -OCH3 is 1. The Morgan fingerprint density at radius 3 is 2.68 bits per heavy atom. The molecule has 1 aromatic carbocycles. The van der Waals surface area contributed by atoms with Gasteiger partial charge in [0.05, 0.1) is 12.2 Å². The Balaban J connectivity index is 2.52. The van der Waals surface area contributed by atoms with E-state index in [1.54, 1.807) is 13.2 Å². The summed E-state index contributed by atoms with van der Waals surface area (Å²) in [5.74, 6) is 0.716. The fourth-order valence-electron chi connectivity index (χ4n) is 1.67. The van der Waals surface area contributed by atoms with E-state index in [-0.39, 0.29) is 5.78 Å². The Kier molecular flexibility index (Phi) is 7.86. The number of ether oxygens (including phenoxy) is 3. The summed E-state index contributed by atoms with van der Waals surface area (Å²) in [6.07, 6.45) is 1.21. The van der Waals surface area contributed by atoms with Crippen LogP contribution in [-0.2, 0) is 9.47 Å². The van der Waals surface area contributed by atoms with Gasteiger partial charge in [-0.2, -0.15) is 0 Å². The Morgan fingerprint density at radius 2 is 1.95 bits per heavy atom. The number of ketones is 1. The molecule has 19 heavy (non-hydrogen) atoms. The molecule has 0 aliphatic carbocycles. The van der Waals surface area contributed by atoms with Crippen LogP contribution in [0, 0.1) is 0 Å². The zero-order valence-corrected chi connectivity index (χ0v) is 11.7. The minimum Gasteiger partial charge on any atom is -0.490 e. The van der Waals surface area contributed by atoms with Gasteiger partial charge in [-0.15, -0.1) is 0 Å². The molecule has 0 aromatic heterocycles. The molecule has 0 heterocycles. The summed E-state index contributed by atoms with van der Waals surface area (Å²) in [6.45, 7) is 4.20. The van der Waals surface area contributed by atoms with Gasteiger partial charge in [-0.3, -0.25) is 4.79 Å². The van der Waals surface area contributed by atoms with E-state index in [1.165, 1.54) is 0 Å². The van der Waals surface area contributed by atoms with Crippen LogP contribution in [0.2, 0.25) is 0 Å². The average Bonchev–Trinajstić information content (AvgIpc) is 2.44. The molecule has 0 saturated heterocycles. The normalized spacial score (nSPS) is 10.4. The van der Waals surface area contributed by atoms with Crippen molar-refractivity contribution in [2.24, 2.45) is 0 Å². The molecule has 0 fully saturated rings. The largest absolute Gasteiger partial charge is 0.490 e. The van der Waals surface area contributed by atoms with Gasteiger partial charge in [0.1, 0.15) is 12.4 Å². The first kappa shape index (κ1) is 15.7. The van der Waals surface area contributed by atoms with Crippen molar-refractivity contribution in [1.29, 1.82) is 0 Å². The van der Waals surface area contributed by atoms with Crippen molar-refractivity contribution in [3.63, 3.8) is 0 Å². The summed E-state index contributed by atoms with van der Waals surface area (Å²) in [4.78, 5) is 12.1. The number of carbonyl (C=O) groups is 1. The van der Waals surface area contributed by atoms with Gasteiger partial charge in [-0.1, -0.05) is 12.1 Å². The van der Waals surface area contributed by atoms with Crippen molar-refractivity contribution in [2.45, 2.75) is 19.8 Å². The number of Topliss-reactive ketones (excluding diaryl/α,β-unsaturated/α-hetero) is 1. The maximum atomic E-state index is 12.1. The van der Waals surface area contributed by atoms with Crippen LogP contribution in [-0.4, -0.2) is 39.3 Å². The van der Waals surface area contributed by atoms with Crippen LogP contribution in [0.15, 0.2) is 24.3 Å². The molecule has 0 amide bonds. The summed E-state index contributed by atoms with van der Waals surface area (Å²) in [7, 11) is 1.62. The van der Waals surface area contributed by atoms with Gasteiger partial charge >= 0.3 is 0 Å². The molecule has 1 rings (SSSR count). The summed E-state index contributed by atoms with van der Waals surface area (Å²) in [5.41, 5.74) is 0.634. The lowest BCUT2D eigenvalue weighted by molar-refractivity contribution is 0.0939. The Labute approximate surface area is 114 Å². The first-order valence-electron chi connectivity index (χ1n) is 6.61. The molecule has 0 unspecified atom stereocenters. The van der Waals surface area contributed by atoms with E-state index in [0.717, 1.165) is 6.42 Å². The lowest BCUT2D eigenvalue weighted by Gasteiger charge is -2.10. The van der Waals surface area contributed by atoms with Crippen LogP contribution in [0.3, 0.4) is 0 Å². The first-order valence-corrected chi connectivity index (χ1v) is 6.61. The van der Waals surface area contributed by atoms with Crippen molar-refractivity contribution in [1.82, 2.24) is 0 Å². The predicted octanol–water partition coefficient (Wildman–Crippen LogP) is 2.71. The van der Waals surface area contributed by atoms with Crippen molar-refractivity contribution < 1.29 is 19.0 Å². The highest BCUT2D eigenvalue weighted by molar-refractivity contribution is 5.98. The molecule has 0 saturated carbocycles. The van der Waals surface area contributed by atoms with E-state index in [2.05, 4.69) is 0 Å². The molecular weight excluding hydrogens is 244 g/mol. The number of rotatable bonds is 10. The monoisotopic (exact) mass is 266 g/mol. The quantitative estimate of drug-likeness (QED) is 0.482. The fraction of sp³-hybridized carbons (Fsp3) is 0.533. The van der Waals surface area contributed by atoms with Crippen molar-refractivity contribution in [2.75, 3.05) is 33.5 Å². The highest BCUT2D eigenvalue weighted by Gasteiger charge is 2.11. The van der Waals surface area contributed by atoms with Gasteiger partial charge in [0, 0.05) is 26.7 Å². The minimum atomic E-state index is 0.0905. The van der Waals surface area contributed by atoms with Crippen LogP contribution in [0.5, 0.6) is 5.75 Å². The average molecular weight is 266 g/mol. The number of carbonyl (C=O) groups excluding carboxylic acids is 1. The molecule has 4 heteroatoms. The zero-order chi connectivity index (χ0) is 13.9. The van der Waals surface area contributed by atoms with Gasteiger partial charge in [-0.05, 0) is 25.5 Å². The summed E-state index contributed by atoms with van der Waals surface area (Å²) in [5, 5.41) is 0. The van der Waals surface area contributed by atoms with Gasteiger partial charge in [0.2, 0.25) is 0 Å². The molecule has 0 aliphatic rings. The Bertz CT molecular complexity index is 376. The standard InChI is InChI=1S/C15H22O4/c1-3-18-10-6-8-14(16)13-7-4-5-9-15(13)19-12-11-17-2/h4-5,7,9H,3,6,8,10-12H2,1-2H3. The van der Waals surface area contributed by atoms with E-state index in [1.807, 2.05) is 25.1 Å². The number of hydrogen-bond acceptors (Lipinski definition) is 4. The number of hydrogen-bond donors (Lipinski definition) is 0. The van der Waals surface area contributed by atoms with Gasteiger partial charge in [-0.25, -0.2) is 0 Å². The minimum absolute atomic E-state index is 0.0905. The van der Waals surface area contributed by atoms with E-state index < -0.39 is 0 Å². The van der Waals surface area contributed by atoms with E-state index in [0.29, 0.717) is 44.2 Å². The van der Waals surface area contributed by atoms with Crippen LogP contribution in [0.1, 0.15) is 30.1 Å². The molecule has 0 aliphatic heterocycles. The van der Waals surface area contributed by atoms with Gasteiger partial charge in [0.15, 0.2) is 5.78 Å². The lowest BCUT2D eigenvalue weighted by atomic mass is 10.1. The van der Waals surface area contributed by atoms with Crippen LogP contribution in [0.4, 0.5) is 0 Å². The second-order valence-corrected chi connectivity index (χ2v) is 4.06. The lowest BCUT2D eigenvalue weighted by Crippen LogP contribution is -2.09. The zero-order valence-electron chi connectivity index (χ0n) is 11.7. The molecule has 4 nitrogen and oxygen atoms in total.